The van der Waals surface area contributed by atoms with E-state index in [1.807, 2.05) is 0 Å². The third-order valence-electron chi connectivity index (χ3n) is 2.54. The first kappa shape index (κ1) is 15.6. The van der Waals surface area contributed by atoms with Crippen molar-refractivity contribution < 1.29 is 18.4 Å². The third kappa shape index (κ3) is 4.33. The minimum atomic E-state index is -0.813. The molecule has 0 aromatic heterocycles. The van der Waals surface area contributed by atoms with Gasteiger partial charge in [-0.15, -0.1) is 0 Å². The average molecular weight is 282 g/mol. The van der Waals surface area contributed by atoms with Gasteiger partial charge in [-0.2, -0.15) is 0 Å². The molecule has 8 heteroatoms. The maximum absolute atomic E-state index is 14.0. The maximum atomic E-state index is 14.0. The molecule has 1 aromatic rings. The first-order valence-corrected chi connectivity index (χ1v) is 5.73. The number of carbonyl (C=O) groups is 2. The van der Waals surface area contributed by atoms with E-state index in [9.17, 15) is 18.4 Å². The van der Waals surface area contributed by atoms with Gasteiger partial charge in [0, 0.05) is 35.9 Å². The molecule has 0 aliphatic heterocycles. The Morgan fingerprint density at radius 2 is 2.10 bits per heavy atom. The van der Waals surface area contributed by atoms with Crippen LogP contribution >= 0.6 is 0 Å². The van der Waals surface area contributed by atoms with Gasteiger partial charge in [-0.25, -0.2) is 8.78 Å². The summed E-state index contributed by atoms with van der Waals surface area (Å²) in [7, 11) is 0. The van der Waals surface area contributed by atoms with E-state index >= 15 is 0 Å². The summed E-state index contributed by atoms with van der Waals surface area (Å²) in [6.07, 6.45) is -0.509. The highest BCUT2D eigenvalue weighted by atomic mass is 19.1. The Labute approximate surface area is 113 Å². The molecule has 0 atom stereocenters. The zero-order valence-corrected chi connectivity index (χ0v) is 10.7. The maximum Gasteiger partial charge on any atom is 0.219 e. The Balaban J connectivity index is 2.89. The molecule has 0 heterocycles. The zero-order valence-electron chi connectivity index (χ0n) is 10.7. The Hall–Kier alpha value is -2.47. The second-order valence-corrected chi connectivity index (χ2v) is 3.99. The molecule has 0 saturated heterocycles. The van der Waals surface area contributed by atoms with E-state index in [0.29, 0.717) is 0 Å². The largest absolute Gasteiger partial charge is 0.352 e. The van der Waals surface area contributed by atoms with Crippen LogP contribution in [0.15, 0.2) is 17.2 Å². The van der Waals surface area contributed by atoms with Gasteiger partial charge in [-0.3, -0.25) is 9.59 Å². The van der Waals surface area contributed by atoms with Gasteiger partial charge in [0.05, 0.1) is 0 Å². The lowest BCUT2D eigenvalue weighted by atomic mass is 10.0. The van der Waals surface area contributed by atoms with Crippen LogP contribution in [0.25, 0.3) is 10.4 Å². The molecule has 0 fully saturated rings. The van der Waals surface area contributed by atoms with E-state index in [-0.39, 0.29) is 36.4 Å². The predicted molar refractivity (Wildman–Crippen MR) is 66.4 cm³/mol. The molecule has 0 saturated carbocycles. The number of halogens is 2. The van der Waals surface area contributed by atoms with E-state index in [4.69, 9.17) is 5.53 Å². The molecule has 1 aromatic carbocycles. The van der Waals surface area contributed by atoms with Gasteiger partial charge in [-0.05, 0) is 23.1 Å². The zero-order chi connectivity index (χ0) is 15.1. The average Bonchev–Trinajstić information content (AvgIpc) is 2.37. The molecule has 0 spiro atoms. The second-order valence-electron chi connectivity index (χ2n) is 3.99. The van der Waals surface area contributed by atoms with Crippen LogP contribution in [0.1, 0.15) is 24.5 Å². The Kier molecular flexibility index (Phi) is 5.61. The molecular formula is C12H12F2N4O2. The van der Waals surface area contributed by atoms with Crippen molar-refractivity contribution >= 4 is 11.8 Å². The molecule has 0 radical (unpaired) electrons. The van der Waals surface area contributed by atoms with Crippen molar-refractivity contribution in [3.63, 3.8) is 0 Å². The van der Waals surface area contributed by atoms with Crippen molar-refractivity contribution in [2.75, 3.05) is 0 Å². The van der Waals surface area contributed by atoms with Crippen molar-refractivity contribution in [3.8, 4) is 0 Å². The van der Waals surface area contributed by atoms with Crippen molar-refractivity contribution in [3.05, 3.63) is 45.3 Å². The van der Waals surface area contributed by atoms with Gasteiger partial charge >= 0.3 is 0 Å². The van der Waals surface area contributed by atoms with E-state index in [1.165, 1.54) is 13.0 Å². The minimum Gasteiger partial charge on any atom is -0.352 e. The van der Waals surface area contributed by atoms with Crippen molar-refractivity contribution in [1.29, 1.82) is 0 Å². The number of hydrogen-bond donors (Lipinski definition) is 1. The molecule has 6 nitrogen and oxygen atoms in total. The summed E-state index contributed by atoms with van der Waals surface area (Å²) in [5, 5.41) is 5.22. The molecule has 1 rings (SSSR count). The Bertz CT molecular complexity index is 583. The van der Waals surface area contributed by atoms with Crippen LogP contribution in [0.5, 0.6) is 0 Å². The van der Waals surface area contributed by atoms with Gasteiger partial charge in [0.25, 0.3) is 0 Å². The summed E-state index contributed by atoms with van der Waals surface area (Å²) in [5.74, 6) is -2.73. The van der Waals surface area contributed by atoms with Gasteiger partial charge in [0.2, 0.25) is 11.8 Å². The van der Waals surface area contributed by atoms with E-state index in [0.717, 1.165) is 6.07 Å². The standard InChI is InChI=1S/C12H12F2N4O2/c1-7(19)16-6-8-2-4-10(13)9(12(8)14)3-5-11(20)17-18-15/h2,4H,3,5-6H2,1H3,(H,16,19). The van der Waals surface area contributed by atoms with Crippen LogP contribution < -0.4 is 5.32 Å². The lowest BCUT2D eigenvalue weighted by Gasteiger charge is -2.09. The minimum absolute atomic E-state index is 0.0707. The lowest BCUT2D eigenvalue weighted by molar-refractivity contribution is -0.119. The molecule has 106 valence electrons. The van der Waals surface area contributed by atoms with Crippen LogP contribution in [-0.4, -0.2) is 11.8 Å². The number of carbonyl (C=O) groups excluding carboxylic acids is 2. The molecule has 0 bridgehead atoms. The topological polar surface area (TPSA) is 94.9 Å². The van der Waals surface area contributed by atoms with Crippen LogP contribution in [0.2, 0.25) is 0 Å². The summed E-state index contributed by atoms with van der Waals surface area (Å²) in [6.45, 7) is 1.21. The first-order chi connectivity index (χ1) is 9.45. The molecule has 0 unspecified atom stereocenters. The Morgan fingerprint density at radius 3 is 2.70 bits per heavy atom. The summed E-state index contributed by atoms with van der Waals surface area (Å²) in [5.41, 5.74) is 7.91. The fourth-order valence-corrected chi connectivity index (χ4v) is 1.56. The number of nitrogens with zero attached hydrogens (tertiary/aromatic N) is 3. The number of benzene rings is 1. The van der Waals surface area contributed by atoms with E-state index in [1.54, 1.807) is 0 Å². The molecule has 1 N–H and O–H groups in total. The number of nitrogens with one attached hydrogen (secondary N) is 1. The molecule has 0 aliphatic rings. The second kappa shape index (κ2) is 7.20. The first-order valence-electron chi connectivity index (χ1n) is 5.73. The summed E-state index contributed by atoms with van der Waals surface area (Å²) in [6, 6.07) is 2.28. The number of hydrogen-bond acceptors (Lipinski definition) is 2. The van der Waals surface area contributed by atoms with Crippen LogP contribution in [0.4, 0.5) is 8.78 Å². The van der Waals surface area contributed by atoms with E-state index < -0.39 is 17.5 Å². The summed E-state index contributed by atoms with van der Waals surface area (Å²) in [4.78, 5) is 24.1. The summed E-state index contributed by atoms with van der Waals surface area (Å²) < 4.78 is 27.5. The molecular weight excluding hydrogens is 270 g/mol. The molecule has 0 aliphatic carbocycles. The fraction of sp³-hybridized carbons (Fsp3) is 0.333. The number of azide groups is 1. The van der Waals surface area contributed by atoms with Crippen molar-refractivity contribution in [2.24, 2.45) is 5.11 Å². The third-order valence-corrected chi connectivity index (χ3v) is 2.54. The SMILES string of the molecule is CC(=O)NCc1ccc(F)c(CCC(=O)N=[N+]=[N-])c1F. The smallest absolute Gasteiger partial charge is 0.219 e. The normalized spacial score (nSPS) is 9.75. The summed E-state index contributed by atoms with van der Waals surface area (Å²) >= 11 is 0. The van der Waals surface area contributed by atoms with Gasteiger partial charge in [0.1, 0.15) is 11.6 Å². The van der Waals surface area contributed by atoms with Crippen molar-refractivity contribution in [2.45, 2.75) is 26.3 Å². The molecule has 20 heavy (non-hydrogen) atoms. The van der Waals surface area contributed by atoms with Crippen LogP contribution in [0.3, 0.4) is 0 Å². The highest BCUT2D eigenvalue weighted by Gasteiger charge is 2.14. The predicted octanol–water partition coefficient (Wildman–Crippen LogP) is 2.37. The van der Waals surface area contributed by atoms with Gasteiger partial charge in [-0.1, -0.05) is 6.07 Å². The van der Waals surface area contributed by atoms with Gasteiger partial charge in [0.15, 0.2) is 0 Å². The van der Waals surface area contributed by atoms with Gasteiger partial charge < -0.3 is 5.32 Å². The van der Waals surface area contributed by atoms with Crippen LogP contribution in [-0.2, 0) is 22.6 Å². The number of amides is 2. The van der Waals surface area contributed by atoms with Crippen molar-refractivity contribution in [1.82, 2.24) is 5.32 Å². The quantitative estimate of drug-likeness (QED) is 0.510. The number of rotatable bonds is 5. The van der Waals surface area contributed by atoms with Crippen LogP contribution in [0, 0.1) is 11.6 Å². The van der Waals surface area contributed by atoms with E-state index in [2.05, 4.69) is 15.3 Å². The monoisotopic (exact) mass is 282 g/mol. The fourth-order valence-electron chi connectivity index (χ4n) is 1.56. The Morgan fingerprint density at radius 1 is 1.40 bits per heavy atom. The lowest BCUT2D eigenvalue weighted by Crippen LogP contribution is -2.20. The molecule has 2 amide bonds. The highest BCUT2D eigenvalue weighted by Crippen LogP contribution is 2.19. The highest BCUT2D eigenvalue weighted by molar-refractivity contribution is 5.77.